The minimum absolute atomic E-state index is 0.0879. The summed E-state index contributed by atoms with van der Waals surface area (Å²) in [5, 5.41) is 0.566. The highest BCUT2D eigenvalue weighted by molar-refractivity contribution is 7.15. The van der Waals surface area contributed by atoms with Crippen molar-refractivity contribution in [1.29, 1.82) is 0 Å². The van der Waals surface area contributed by atoms with Gasteiger partial charge in [0.2, 0.25) is 0 Å². The highest BCUT2D eigenvalue weighted by Crippen LogP contribution is 2.27. The first-order valence-electron chi connectivity index (χ1n) is 4.79. The van der Waals surface area contributed by atoms with Crippen LogP contribution in [-0.4, -0.2) is 24.8 Å². The van der Waals surface area contributed by atoms with Gasteiger partial charge >= 0.3 is 6.18 Å². The maximum absolute atomic E-state index is 12.0. The van der Waals surface area contributed by atoms with Crippen LogP contribution in [0.1, 0.15) is 24.3 Å². The van der Waals surface area contributed by atoms with E-state index in [9.17, 15) is 13.2 Å². The third kappa shape index (κ3) is 3.97. The zero-order chi connectivity index (χ0) is 12.3. The molecule has 3 nitrogen and oxygen atoms in total. The Kier molecular flexibility index (Phi) is 4.15. The van der Waals surface area contributed by atoms with E-state index in [-0.39, 0.29) is 12.6 Å². The van der Waals surface area contributed by atoms with Crippen molar-refractivity contribution in [1.82, 2.24) is 4.98 Å². The van der Waals surface area contributed by atoms with Gasteiger partial charge in [0.05, 0.1) is 6.42 Å². The number of aromatic nitrogens is 1. The number of alkyl halides is 3. The lowest BCUT2D eigenvalue weighted by molar-refractivity contribution is -0.132. The van der Waals surface area contributed by atoms with E-state index in [1.165, 1.54) is 16.2 Å². The van der Waals surface area contributed by atoms with E-state index >= 15 is 0 Å². The van der Waals surface area contributed by atoms with Gasteiger partial charge in [-0.3, -0.25) is 0 Å². The number of anilines is 1. The van der Waals surface area contributed by atoms with Crippen molar-refractivity contribution >= 4 is 16.5 Å². The number of rotatable bonds is 4. The highest BCUT2D eigenvalue weighted by atomic mass is 32.1. The SMILES string of the molecule is CC(N)c1cnc(N(C)CCC(F)(F)F)s1. The maximum atomic E-state index is 12.0. The molecule has 0 aliphatic heterocycles. The molecule has 2 N–H and O–H groups in total. The topological polar surface area (TPSA) is 42.1 Å². The van der Waals surface area contributed by atoms with Gasteiger partial charge in [-0.2, -0.15) is 13.2 Å². The number of thiazole rings is 1. The number of nitrogens with two attached hydrogens (primary N) is 1. The summed E-state index contributed by atoms with van der Waals surface area (Å²) in [4.78, 5) is 6.39. The monoisotopic (exact) mass is 253 g/mol. The summed E-state index contributed by atoms with van der Waals surface area (Å²) in [7, 11) is 1.59. The van der Waals surface area contributed by atoms with E-state index in [1.807, 2.05) is 6.92 Å². The van der Waals surface area contributed by atoms with Crippen molar-refractivity contribution in [2.45, 2.75) is 25.6 Å². The third-order valence-electron chi connectivity index (χ3n) is 2.02. The fourth-order valence-corrected chi connectivity index (χ4v) is 1.91. The van der Waals surface area contributed by atoms with Gasteiger partial charge in [-0.1, -0.05) is 0 Å². The predicted molar refractivity (Wildman–Crippen MR) is 58.7 cm³/mol. The summed E-state index contributed by atoms with van der Waals surface area (Å²) in [6.45, 7) is 1.72. The van der Waals surface area contributed by atoms with E-state index < -0.39 is 12.6 Å². The van der Waals surface area contributed by atoms with E-state index in [2.05, 4.69) is 4.98 Å². The average molecular weight is 253 g/mol. The molecular weight excluding hydrogens is 239 g/mol. The quantitative estimate of drug-likeness (QED) is 0.896. The summed E-state index contributed by atoms with van der Waals surface area (Å²) < 4.78 is 36.0. The summed E-state index contributed by atoms with van der Waals surface area (Å²) in [6, 6.07) is -0.137. The molecule has 7 heteroatoms. The van der Waals surface area contributed by atoms with E-state index in [0.29, 0.717) is 5.13 Å². The van der Waals surface area contributed by atoms with Crippen molar-refractivity contribution in [2.24, 2.45) is 5.73 Å². The first-order chi connectivity index (χ1) is 7.29. The fourth-order valence-electron chi connectivity index (χ4n) is 1.05. The van der Waals surface area contributed by atoms with Crippen molar-refractivity contribution in [2.75, 3.05) is 18.5 Å². The molecule has 0 saturated carbocycles. The van der Waals surface area contributed by atoms with Crippen LogP contribution in [0.25, 0.3) is 0 Å². The van der Waals surface area contributed by atoms with Gasteiger partial charge < -0.3 is 10.6 Å². The second kappa shape index (κ2) is 5.01. The lowest BCUT2D eigenvalue weighted by atomic mass is 10.3. The molecule has 1 unspecified atom stereocenters. The lowest BCUT2D eigenvalue weighted by Gasteiger charge is -2.16. The summed E-state index contributed by atoms with van der Waals surface area (Å²) in [6.07, 6.45) is -3.36. The van der Waals surface area contributed by atoms with Crippen molar-refractivity contribution in [3.8, 4) is 0 Å². The fraction of sp³-hybridized carbons (Fsp3) is 0.667. The minimum Gasteiger partial charge on any atom is -0.351 e. The number of nitrogens with zero attached hydrogens (tertiary/aromatic N) is 2. The Hall–Kier alpha value is -0.820. The van der Waals surface area contributed by atoms with Crippen LogP contribution in [-0.2, 0) is 0 Å². The minimum atomic E-state index is -4.13. The van der Waals surface area contributed by atoms with Crippen LogP contribution in [0.3, 0.4) is 0 Å². The van der Waals surface area contributed by atoms with Crippen molar-refractivity contribution < 1.29 is 13.2 Å². The van der Waals surface area contributed by atoms with Gasteiger partial charge in [-0.15, -0.1) is 11.3 Å². The van der Waals surface area contributed by atoms with Crippen molar-refractivity contribution in [3.05, 3.63) is 11.1 Å². The Bertz CT molecular complexity index is 335. The molecular formula is C9H14F3N3S. The molecule has 0 radical (unpaired) electrons. The Morgan fingerprint density at radius 3 is 2.62 bits per heavy atom. The molecule has 0 bridgehead atoms. The van der Waals surface area contributed by atoms with E-state index in [1.54, 1.807) is 13.2 Å². The van der Waals surface area contributed by atoms with Crippen LogP contribution in [0.2, 0.25) is 0 Å². The lowest BCUT2D eigenvalue weighted by Crippen LogP contribution is -2.23. The zero-order valence-corrected chi connectivity index (χ0v) is 9.90. The molecule has 1 atom stereocenters. The van der Waals surface area contributed by atoms with Crippen LogP contribution < -0.4 is 10.6 Å². The standard InChI is InChI=1S/C9H14F3N3S/c1-6(13)7-5-14-8(16-7)15(2)4-3-9(10,11)12/h5-6H,3-4,13H2,1-2H3. The molecule has 0 aromatic carbocycles. The van der Waals surface area contributed by atoms with Gasteiger partial charge in [0.25, 0.3) is 0 Å². The molecule has 1 aromatic rings. The second-order valence-corrected chi connectivity index (χ2v) is 4.66. The number of hydrogen-bond acceptors (Lipinski definition) is 4. The smallest absolute Gasteiger partial charge is 0.351 e. The second-order valence-electron chi connectivity index (χ2n) is 3.62. The van der Waals surface area contributed by atoms with Gasteiger partial charge in [0, 0.05) is 30.7 Å². The maximum Gasteiger partial charge on any atom is 0.390 e. The first kappa shape index (κ1) is 13.2. The molecule has 1 heterocycles. The van der Waals surface area contributed by atoms with Gasteiger partial charge in [0.15, 0.2) is 5.13 Å². The van der Waals surface area contributed by atoms with Crippen LogP contribution >= 0.6 is 11.3 Å². The molecule has 0 fully saturated rings. The average Bonchev–Trinajstić information content (AvgIpc) is 2.61. The van der Waals surface area contributed by atoms with E-state index in [4.69, 9.17) is 5.73 Å². The van der Waals surface area contributed by atoms with Gasteiger partial charge in [-0.05, 0) is 6.92 Å². The zero-order valence-electron chi connectivity index (χ0n) is 9.08. The number of hydrogen-bond donors (Lipinski definition) is 1. The molecule has 92 valence electrons. The van der Waals surface area contributed by atoms with Gasteiger partial charge in [-0.25, -0.2) is 4.98 Å². The van der Waals surface area contributed by atoms with Crippen LogP contribution in [0.15, 0.2) is 6.20 Å². The van der Waals surface area contributed by atoms with Gasteiger partial charge in [0.1, 0.15) is 0 Å². The molecule has 1 aromatic heterocycles. The number of halogens is 3. The summed E-state index contributed by atoms with van der Waals surface area (Å²) in [5.41, 5.74) is 5.64. The van der Waals surface area contributed by atoms with E-state index in [0.717, 1.165) is 4.88 Å². The summed E-state index contributed by atoms with van der Waals surface area (Å²) >= 11 is 1.32. The Balaban J connectivity index is 2.56. The largest absolute Gasteiger partial charge is 0.390 e. The molecule has 0 aliphatic rings. The predicted octanol–water partition coefficient (Wildman–Crippen LogP) is 2.55. The molecule has 0 spiro atoms. The Morgan fingerprint density at radius 1 is 1.56 bits per heavy atom. The van der Waals surface area contributed by atoms with Crippen LogP contribution in [0.5, 0.6) is 0 Å². The molecule has 1 rings (SSSR count). The van der Waals surface area contributed by atoms with Crippen LogP contribution in [0, 0.1) is 0 Å². The molecule has 0 amide bonds. The van der Waals surface area contributed by atoms with Crippen molar-refractivity contribution in [3.63, 3.8) is 0 Å². The molecule has 16 heavy (non-hydrogen) atoms. The Labute approximate surface area is 96.1 Å². The molecule has 0 aliphatic carbocycles. The molecule has 0 saturated heterocycles. The third-order valence-corrected chi connectivity index (χ3v) is 3.33. The summed E-state index contributed by atoms with van der Waals surface area (Å²) in [5.74, 6) is 0. The normalized spacial score (nSPS) is 13.9. The van der Waals surface area contributed by atoms with Crippen LogP contribution in [0.4, 0.5) is 18.3 Å². The first-order valence-corrected chi connectivity index (χ1v) is 5.60. The highest BCUT2D eigenvalue weighted by Gasteiger charge is 2.27. The Morgan fingerprint density at radius 2 is 2.19 bits per heavy atom.